The second-order valence-electron chi connectivity index (χ2n) is 8.81. The molecule has 4 aliphatic carbocycles. The second kappa shape index (κ2) is 6.33. The Kier molecular flexibility index (Phi) is 4.32. The van der Waals surface area contributed by atoms with Gasteiger partial charge in [-0.2, -0.15) is 0 Å². The van der Waals surface area contributed by atoms with E-state index < -0.39 is 0 Å². The van der Waals surface area contributed by atoms with Gasteiger partial charge in [0.25, 0.3) is 0 Å². The molecule has 4 bridgehead atoms. The van der Waals surface area contributed by atoms with Gasteiger partial charge in [-0.25, -0.2) is 0 Å². The summed E-state index contributed by atoms with van der Waals surface area (Å²) in [6, 6.07) is 9.15. The van der Waals surface area contributed by atoms with Crippen LogP contribution in [0, 0.1) is 30.1 Å². The van der Waals surface area contributed by atoms with E-state index in [1.54, 1.807) is 0 Å². The molecule has 0 aliphatic heterocycles. The van der Waals surface area contributed by atoms with Gasteiger partial charge >= 0.3 is 0 Å². The molecule has 0 radical (unpaired) electrons. The molecule has 130 valence electrons. The molecule has 0 aromatic heterocycles. The third-order valence-electron chi connectivity index (χ3n) is 6.93. The van der Waals surface area contributed by atoms with Crippen molar-refractivity contribution in [2.45, 2.75) is 65.0 Å². The predicted octanol–water partition coefficient (Wildman–Crippen LogP) is 4.56. The third kappa shape index (κ3) is 3.20. The summed E-state index contributed by atoms with van der Waals surface area (Å²) >= 11 is 5.59. The fourth-order valence-electron chi connectivity index (χ4n) is 6.00. The highest BCUT2D eigenvalue weighted by atomic mass is 32.1. The minimum Gasteiger partial charge on any atom is -0.360 e. The molecule has 1 aromatic carbocycles. The maximum atomic E-state index is 5.59. The average molecular weight is 343 g/mol. The van der Waals surface area contributed by atoms with Gasteiger partial charge in [0.05, 0.1) is 0 Å². The normalized spacial score (nSPS) is 34.8. The molecule has 0 spiro atoms. The molecule has 4 saturated carbocycles. The summed E-state index contributed by atoms with van der Waals surface area (Å²) in [6.45, 7) is 5.29. The Bertz CT molecular complexity index is 571. The fraction of sp³-hybridized carbons (Fsp3) is 0.667. The van der Waals surface area contributed by atoms with E-state index in [2.05, 4.69) is 48.7 Å². The van der Waals surface area contributed by atoms with Crippen molar-refractivity contribution in [2.24, 2.45) is 23.2 Å². The van der Waals surface area contributed by atoms with Crippen molar-refractivity contribution in [3.05, 3.63) is 35.4 Å². The summed E-state index contributed by atoms with van der Waals surface area (Å²) in [6.07, 6.45) is 8.78. The van der Waals surface area contributed by atoms with Crippen LogP contribution in [0.25, 0.3) is 0 Å². The predicted molar refractivity (Wildman–Crippen MR) is 104 cm³/mol. The molecule has 2 N–H and O–H groups in total. The number of rotatable bonds is 4. The van der Waals surface area contributed by atoms with E-state index in [1.807, 2.05) is 0 Å². The van der Waals surface area contributed by atoms with Crippen LogP contribution in [0.5, 0.6) is 0 Å². The summed E-state index contributed by atoms with van der Waals surface area (Å²) in [5, 5.41) is 7.86. The van der Waals surface area contributed by atoms with Crippen LogP contribution in [0.4, 0.5) is 0 Å². The standard InChI is InChI=1S/C21H30N2S/c1-14-3-5-16(6-4-14)13-22-20(24)23-15(2)21-10-17-7-18(11-21)9-19(8-17)12-21/h3-6,15,17-19H,7-13H2,1-2H3,(H2,22,23,24). The first-order valence-electron chi connectivity index (χ1n) is 9.62. The Labute approximate surface area is 151 Å². The molecule has 2 nitrogen and oxygen atoms in total. The Morgan fingerprint density at radius 2 is 1.62 bits per heavy atom. The van der Waals surface area contributed by atoms with Gasteiger partial charge < -0.3 is 10.6 Å². The zero-order valence-electron chi connectivity index (χ0n) is 15.0. The van der Waals surface area contributed by atoms with Crippen molar-refractivity contribution in [3.63, 3.8) is 0 Å². The molecular weight excluding hydrogens is 312 g/mol. The summed E-state index contributed by atoms with van der Waals surface area (Å²) in [5.41, 5.74) is 3.09. The number of hydrogen-bond acceptors (Lipinski definition) is 1. The minimum absolute atomic E-state index is 0.490. The van der Waals surface area contributed by atoms with E-state index in [0.717, 1.165) is 29.4 Å². The lowest BCUT2D eigenvalue weighted by Crippen LogP contribution is -2.57. The maximum absolute atomic E-state index is 5.59. The van der Waals surface area contributed by atoms with E-state index in [0.29, 0.717) is 11.5 Å². The minimum atomic E-state index is 0.490. The molecule has 4 aliphatic rings. The lowest BCUT2D eigenvalue weighted by atomic mass is 9.48. The number of hydrogen-bond donors (Lipinski definition) is 2. The Hall–Kier alpha value is -1.09. The first-order valence-corrected chi connectivity index (χ1v) is 10.0. The van der Waals surface area contributed by atoms with Crippen LogP contribution in [0.3, 0.4) is 0 Å². The lowest BCUT2D eigenvalue weighted by molar-refractivity contribution is -0.0672. The van der Waals surface area contributed by atoms with Gasteiger partial charge in [0.1, 0.15) is 0 Å². The number of nitrogens with one attached hydrogen (secondary N) is 2. The van der Waals surface area contributed by atoms with E-state index in [9.17, 15) is 0 Å². The monoisotopic (exact) mass is 342 g/mol. The molecule has 0 saturated heterocycles. The zero-order valence-corrected chi connectivity index (χ0v) is 15.8. The molecule has 0 heterocycles. The summed E-state index contributed by atoms with van der Waals surface area (Å²) in [5.74, 6) is 2.98. The third-order valence-corrected chi connectivity index (χ3v) is 7.19. The molecule has 5 rings (SSSR count). The maximum Gasteiger partial charge on any atom is 0.166 e. The number of benzene rings is 1. The molecule has 1 atom stereocenters. The fourth-order valence-corrected chi connectivity index (χ4v) is 6.25. The lowest BCUT2D eigenvalue weighted by Gasteiger charge is -2.59. The van der Waals surface area contributed by atoms with Gasteiger partial charge in [-0.05, 0) is 93.3 Å². The van der Waals surface area contributed by atoms with Crippen LogP contribution < -0.4 is 10.6 Å². The summed E-state index contributed by atoms with van der Waals surface area (Å²) in [4.78, 5) is 0. The number of thiocarbonyl (C=S) groups is 1. The smallest absolute Gasteiger partial charge is 0.166 e. The Morgan fingerprint density at radius 3 is 2.17 bits per heavy atom. The summed E-state index contributed by atoms with van der Waals surface area (Å²) in [7, 11) is 0. The largest absolute Gasteiger partial charge is 0.360 e. The molecule has 24 heavy (non-hydrogen) atoms. The molecule has 1 aromatic rings. The van der Waals surface area contributed by atoms with Crippen molar-refractivity contribution in [1.29, 1.82) is 0 Å². The van der Waals surface area contributed by atoms with Crippen molar-refractivity contribution >= 4 is 17.3 Å². The van der Waals surface area contributed by atoms with Crippen molar-refractivity contribution in [3.8, 4) is 0 Å². The highest BCUT2D eigenvalue weighted by molar-refractivity contribution is 7.80. The molecular formula is C21H30N2S. The summed E-state index contributed by atoms with van der Waals surface area (Å²) < 4.78 is 0. The molecule has 0 amide bonds. The van der Waals surface area contributed by atoms with Gasteiger partial charge in [-0.15, -0.1) is 0 Å². The Morgan fingerprint density at radius 1 is 1.08 bits per heavy atom. The SMILES string of the molecule is Cc1ccc(CNC(=S)NC(C)C23CC4CC(CC(C4)C2)C3)cc1. The first kappa shape index (κ1) is 16.4. The van der Waals surface area contributed by atoms with Crippen LogP contribution in [-0.4, -0.2) is 11.2 Å². The van der Waals surface area contributed by atoms with E-state index >= 15 is 0 Å². The van der Waals surface area contributed by atoms with Gasteiger partial charge in [-0.3, -0.25) is 0 Å². The molecule has 4 fully saturated rings. The van der Waals surface area contributed by atoms with E-state index in [-0.39, 0.29) is 0 Å². The average Bonchev–Trinajstić information content (AvgIpc) is 2.53. The second-order valence-corrected chi connectivity index (χ2v) is 9.22. The van der Waals surface area contributed by atoms with Gasteiger partial charge in [0.2, 0.25) is 0 Å². The van der Waals surface area contributed by atoms with E-state index in [4.69, 9.17) is 12.2 Å². The molecule has 1 unspecified atom stereocenters. The highest BCUT2D eigenvalue weighted by Gasteiger charge is 2.53. The van der Waals surface area contributed by atoms with Crippen LogP contribution in [0.2, 0.25) is 0 Å². The number of aryl methyl sites for hydroxylation is 1. The van der Waals surface area contributed by atoms with Crippen LogP contribution >= 0.6 is 12.2 Å². The topological polar surface area (TPSA) is 24.1 Å². The van der Waals surface area contributed by atoms with Gasteiger partial charge in [0.15, 0.2) is 5.11 Å². The van der Waals surface area contributed by atoms with Crippen LogP contribution in [0.1, 0.15) is 56.6 Å². The van der Waals surface area contributed by atoms with Gasteiger partial charge in [0, 0.05) is 12.6 Å². The zero-order chi connectivity index (χ0) is 16.7. The van der Waals surface area contributed by atoms with E-state index in [1.165, 1.54) is 49.7 Å². The quantitative estimate of drug-likeness (QED) is 0.784. The van der Waals surface area contributed by atoms with Crippen LogP contribution in [-0.2, 0) is 6.54 Å². The van der Waals surface area contributed by atoms with Crippen molar-refractivity contribution in [2.75, 3.05) is 0 Å². The molecule has 3 heteroatoms. The van der Waals surface area contributed by atoms with Crippen LogP contribution in [0.15, 0.2) is 24.3 Å². The van der Waals surface area contributed by atoms with Crippen molar-refractivity contribution in [1.82, 2.24) is 10.6 Å². The van der Waals surface area contributed by atoms with Crippen molar-refractivity contribution < 1.29 is 0 Å². The highest BCUT2D eigenvalue weighted by Crippen LogP contribution is 2.61. The first-order chi connectivity index (χ1) is 11.5. The van der Waals surface area contributed by atoms with Gasteiger partial charge in [-0.1, -0.05) is 29.8 Å². The Balaban J connectivity index is 1.33.